The number of aromatic nitrogens is 2. The normalized spacial score (nSPS) is 11.6. The van der Waals surface area contributed by atoms with Gasteiger partial charge in [0.15, 0.2) is 5.58 Å². The Hall–Kier alpha value is -3.20. The molecule has 5 nitrogen and oxygen atoms in total. The van der Waals surface area contributed by atoms with E-state index in [4.69, 9.17) is 15.5 Å². The second kappa shape index (κ2) is 8.00. The fourth-order valence-corrected chi connectivity index (χ4v) is 3.11. The van der Waals surface area contributed by atoms with Crippen molar-refractivity contribution < 1.29 is 4.52 Å². The van der Waals surface area contributed by atoms with E-state index in [0.717, 1.165) is 33.5 Å². The minimum atomic E-state index is -0.275. The minimum absolute atomic E-state index is 0. The Morgan fingerprint density at radius 1 is 1.00 bits per heavy atom. The third-order valence-electron chi connectivity index (χ3n) is 4.34. The molecule has 4 rings (SSSR count). The molecule has 2 N–H and O–H groups in total. The Morgan fingerprint density at radius 3 is 2.63 bits per heavy atom. The van der Waals surface area contributed by atoms with Crippen molar-refractivity contribution in [3.63, 3.8) is 0 Å². The second-order valence-corrected chi connectivity index (χ2v) is 6.05. The standard InChI is InChI=1S/C21H16N4O.ClH/c22-13-15-7-5-6-14(24-15)12-19(23)16-8-1-2-9-17(16)21-18-10-3-4-11-20(18)26-25-21;/h1-11,19H,12,23H2;1H. The number of hydrogen-bond donors (Lipinski definition) is 1. The number of pyridine rings is 1. The lowest BCUT2D eigenvalue weighted by molar-refractivity contribution is 0.459. The van der Waals surface area contributed by atoms with Crippen LogP contribution in [0.15, 0.2) is 71.3 Å². The van der Waals surface area contributed by atoms with Gasteiger partial charge in [0.25, 0.3) is 0 Å². The van der Waals surface area contributed by atoms with E-state index >= 15 is 0 Å². The first-order valence-electron chi connectivity index (χ1n) is 8.31. The van der Waals surface area contributed by atoms with E-state index in [-0.39, 0.29) is 18.4 Å². The van der Waals surface area contributed by atoms with Gasteiger partial charge in [-0.3, -0.25) is 0 Å². The summed E-state index contributed by atoms with van der Waals surface area (Å²) in [5.41, 5.74) is 11.1. The Kier molecular flexibility index (Phi) is 5.51. The molecule has 0 spiro atoms. The first-order valence-corrected chi connectivity index (χ1v) is 8.31. The number of fused-ring (bicyclic) bond motifs is 1. The van der Waals surface area contributed by atoms with Crippen LogP contribution >= 0.6 is 12.4 Å². The lowest BCUT2D eigenvalue weighted by Gasteiger charge is -2.15. The Bertz CT molecular complexity index is 1120. The summed E-state index contributed by atoms with van der Waals surface area (Å²) in [5.74, 6) is 0. The van der Waals surface area contributed by atoms with Crippen molar-refractivity contribution in [3.8, 4) is 17.3 Å². The van der Waals surface area contributed by atoms with Gasteiger partial charge in [-0.1, -0.05) is 47.6 Å². The van der Waals surface area contributed by atoms with Gasteiger partial charge in [-0.15, -0.1) is 12.4 Å². The summed E-state index contributed by atoms with van der Waals surface area (Å²) in [4.78, 5) is 4.32. The number of rotatable bonds is 4. The molecule has 0 amide bonds. The highest BCUT2D eigenvalue weighted by Gasteiger charge is 2.18. The van der Waals surface area contributed by atoms with E-state index in [1.165, 1.54) is 0 Å². The third kappa shape index (κ3) is 3.68. The maximum absolute atomic E-state index is 9.02. The van der Waals surface area contributed by atoms with E-state index in [0.29, 0.717) is 12.1 Å². The van der Waals surface area contributed by atoms with Crippen LogP contribution in [0.25, 0.3) is 22.2 Å². The van der Waals surface area contributed by atoms with Gasteiger partial charge < -0.3 is 10.3 Å². The van der Waals surface area contributed by atoms with Crippen LogP contribution in [0, 0.1) is 11.3 Å². The monoisotopic (exact) mass is 376 g/mol. The molecule has 0 radical (unpaired) electrons. The molecule has 134 valence electrons. The van der Waals surface area contributed by atoms with Crippen molar-refractivity contribution in [3.05, 3.63) is 83.7 Å². The molecule has 0 aliphatic rings. The highest BCUT2D eigenvalue weighted by Crippen LogP contribution is 2.33. The van der Waals surface area contributed by atoms with Gasteiger partial charge in [-0.25, -0.2) is 4.98 Å². The minimum Gasteiger partial charge on any atom is -0.356 e. The van der Waals surface area contributed by atoms with Gasteiger partial charge in [0.1, 0.15) is 17.5 Å². The molecule has 6 heteroatoms. The third-order valence-corrected chi connectivity index (χ3v) is 4.34. The SMILES string of the molecule is Cl.N#Cc1cccc(CC(N)c2ccccc2-c2noc3ccccc23)n1. The number of benzene rings is 2. The zero-order valence-corrected chi connectivity index (χ0v) is 15.2. The number of nitriles is 1. The van der Waals surface area contributed by atoms with E-state index in [9.17, 15) is 0 Å². The van der Waals surface area contributed by atoms with Crippen molar-refractivity contribution in [1.29, 1.82) is 5.26 Å². The number of nitrogens with zero attached hydrogens (tertiary/aromatic N) is 3. The average Bonchev–Trinajstić information content (AvgIpc) is 3.12. The fraction of sp³-hybridized carbons (Fsp3) is 0.0952. The number of nitrogens with two attached hydrogens (primary N) is 1. The van der Waals surface area contributed by atoms with Crippen molar-refractivity contribution in [2.45, 2.75) is 12.5 Å². The molecule has 4 aromatic rings. The number of para-hydroxylation sites is 1. The van der Waals surface area contributed by atoms with Crippen molar-refractivity contribution in [1.82, 2.24) is 10.1 Å². The van der Waals surface area contributed by atoms with Crippen LogP contribution in [-0.2, 0) is 6.42 Å². The lowest BCUT2D eigenvalue weighted by atomic mass is 9.94. The van der Waals surface area contributed by atoms with Crippen LogP contribution < -0.4 is 5.73 Å². The number of halogens is 1. The summed E-state index contributed by atoms with van der Waals surface area (Å²) in [6.45, 7) is 0. The van der Waals surface area contributed by atoms with Crippen LogP contribution in [0.3, 0.4) is 0 Å². The van der Waals surface area contributed by atoms with Gasteiger partial charge >= 0.3 is 0 Å². The smallest absolute Gasteiger partial charge is 0.167 e. The molecule has 2 aromatic carbocycles. The van der Waals surface area contributed by atoms with Crippen LogP contribution in [0.5, 0.6) is 0 Å². The second-order valence-electron chi connectivity index (χ2n) is 6.05. The lowest BCUT2D eigenvalue weighted by Crippen LogP contribution is -2.15. The topological polar surface area (TPSA) is 88.7 Å². The first kappa shape index (κ1) is 18.6. The molecule has 2 heterocycles. The van der Waals surface area contributed by atoms with Gasteiger partial charge in [0.05, 0.1) is 0 Å². The van der Waals surface area contributed by atoms with E-state index in [1.54, 1.807) is 6.07 Å². The molecule has 27 heavy (non-hydrogen) atoms. The van der Waals surface area contributed by atoms with Gasteiger partial charge in [-0.05, 0) is 29.8 Å². The van der Waals surface area contributed by atoms with Crippen LogP contribution in [0.2, 0.25) is 0 Å². The highest BCUT2D eigenvalue weighted by molar-refractivity contribution is 5.92. The van der Waals surface area contributed by atoms with Crippen molar-refractivity contribution >= 4 is 23.4 Å². The maximum Gasteiger partial charge on any atom is 0.167 e. The molecule has 0 saturated carbocycles. The van der Waals surface area contributed by atoms with Crippen LogP contribution in [-0.4, -0.2) is 10.1 Å². The summed E-state index contributed by atoms with van der Waals surface area (Å²) >= 11 is 0. The Labute approximate surface area is 162 Å². The summed E-state index contributed by atoms with van der Waals surface area (Å²) < 4.78 is 5.45. The molecular formula is C21H17ClN4O. The zero-order valence-electron chi connectivity index (χ0n) is 14.4. The maximum atomic E-state index is 9.02. The molecule has 2 aromatic heterocycles. The number of hydrogen-bond acceptors (Lipinski definition) is 5. The predicted octanol–water partition coefficient (Wildman–Crippen LogP) is 4.43. The van der Waals surface area contributed by atoms with Crippen LogP contribution in [0.4, 0.5) is 0 Å². The van der Waals surface area contributed by atoms with Gasteiger partial charge in [-0.2, -0.15) is 5.26 Å². The average molecular weight is 377 g/mol. The summed E-state index contributed by atoms with van der Waals surface area (Å²) in [6, 6.07) is 22.9. The molecule has 0 fully saturated rings. The first-order chi connectivity index (χ1) is 12.8. The fourth-order valence-electron chi connectivity index (χ4n) is 3.11. The molecule has 0 saturated heterocycles. The van der Waals surface area contributed by atoms with Crippen LogP contribution in [0.1, 0.15) is 23.0 Å². The Balaban J connectivity index is 0.00000210. The largest absolute Gasteiger partial charge is 0.356 e. The highest BCUT2D eigenvalue weighted by atomic mass is 35.5. The molecule has 1 atom stereocenters. The molecule has 0 aliphatic heterocycles. The van der Waals surface area contributed by atoms with E-state index in [1.807, 2.05) is 60.7 Å². The van der Waals surface area contributed by atoms with Crippen molar-refractivity contribution in [2.24, 2.45) is 5.73 Å². The summed E-state index contributed by atoms with van der Waals surface area (Å²) in [7, 11) is 0. The molecule has 1 unspecified atom stereocenters. The van der Waals surface area contributed by atoms with Gasteiger partial charge in [0.2, 0.25) is 0 Å². The molecular weight excluding hydrogens is 360 g/mol. The van der Waals surface area contributed by atoms with Crippen molar-refractivity contribution in [2.75, 3.05) is 0 Å². The molecule has 0 aliphatic carbocycles. The summed E-state index contributed by atoms with van der Waals surface area (Å²) in [6.07, 6.45) is 0.530. The van der Waals surface area contributed by atoms with E-state index in [2.05, 4.69) is 16.2 Å². The zero-order chi connectivity index (χ0) is 17.9. The quantitative estimate of drug-likeness (QED) is 0.569. The van der Waals surface area contributed by atoms with Gasteiger partial charge in [0, 0.05) is 29.1 Å². The molecule has 0 bridgehead atoms. The Morgan fingerprint density at radius 2 is 1.78 bits per heavy atom. The summed E-state index contributed by atoms with van der Waals surface area (Å²) in [5, 5.41) is 14.2. The van der Waals surface area contributed by atoms with E-state index < -0.39 is 0 Å². The predicted molar refractivity (Wildman–Crippen MR) is 106 cm³/mol.